The minimum Gasteiger partial charge on any atom is -0.352 e. The van der Waals surface area contributed by atoms with Gasteiger partial charge in [0.2, 0.25) is 11.8 Å². The highest BCUT2D eigenvalue weighted by molar-refractivity contribution is 6.36. The van der Waals surface area contributed by atoms with Crippen molar-refractivity contribution >= 4 is 40.7 Å². The van der Waals surface area contributed by atoms with Gasteiger partial charge in [0, 0.05) is 39.8 Å². The SMILES string of the molecule is CC(C)NC(=O)[C@H](C)N(Cc1c(Cl)cccc1Cl)C(=O)Cc1ccccc1[N+](=O)[O-]. The second-order valence-electron chi connectivity index (χ2n) is 7.12. The lowest BCUT2D eigenvalue weighted by Crippen LogP contribution is -2.49. The lowest BCUT2D eigenvalue weighted by atomic mass is 10.1. The van der Waals surface area contributed by atoms with Crippen LogP contribution in [0.5, 0.6) is 0 Å². The monoisotopic (exact) mass is 451 g/mol. The summed E-state index contributed by atoms with van der Waals surface area (Å²) in [6, 6.07) is 10.0. The summed E-state index contributed by atoms with van der Waals surface area (Å²) in [7, 11) is 0. The van der Waals surface area contributed by atoms with Crippen molar-refractivity contribution in [3.8, 4) is 0 Å². The number of hydrogen-bond donors (Lipinski definition) is 1. The number of nitrogens with zero attached hydrogens (tertiary/aromatic N) is 2. The molecule has 0 unspecified atom stereocenters. The maximum Gasteiger partial charge on any atom is 0.273 e. The number of carbonyl (C=O) groups is 2. The van der Waals surface area contributed by atoms with Gasteiger partial charge in [0.25, 0.3) is 5.69 Å². The number of hydrogen-bond acceptors (Lipinski definition) is 4. The van der Waals surface area contributed by atoms with Gasteiger partial charge in [0.15, 0.2) is 0 Å². The molecule has 2 aromatic rings. The topological polar surface area (TPSA) is 92.6 Å². The molecule has 1 N–H and O–H groups in total. The highest BCUT2D eigenvalue weighted by atomic mass is 35.5. The molecule has 9 heteroatoms. The summed E-state index contributed by atoms with van der Waals surface area (Å²) in [5.41, 5.74) is 0.612. The summed E-state index contributed by atoms with van der Waals surface area (Å²) in [5.74, 6) is -0.796. The summed E-state index contributed by atoms with van der Waals surface area (Å²) >= 11 is 12.5. The molecular formula is C21H23Cl2N3O4. The third-order valence-corrected chi connectivity index (χ3v) is 5.23. The number of carbonyl (C=O) groups excluding carboxylic acids is 2. The smallest absolute Gasteiger partial charge is 0.273 e. The molecule has 30 heavy (non-hydrogen) atoms. The molecule has 0 aliphatic heterocycles. The van der Waals surface area contributed by atoms with Gasteiger partial charge in [-0.2, -0.15) is 0 Å². The van der Waals surface area contributed by atoms with E-state index in [2.05, 4.69) is 5.32 Å². The lowest BCUT2D eigenvalue weighted by Gasteiger charge is -2.30. The van der Waals surface area contributed by atoms with Gasteiger partial charge in [-0.3, -0.25) is 19.7 Å². The molecule has 0 spiro atoms. The molecule has 0 aliphatic rings. The van der Waals surface area contributed by atoms with Crippen LogP contribution in [-0.4, -0.2) is 33.7 Å². The van der Waals surface area contributed by atoms with Crippen LogP contribution >= 0.6 is 23.2 Å². The van der Waals surface area contributed by atoms with Crippen molar-refractivity contribution in [1.29, 1.82) is 0 Å². The normalized spacial score (nSPS) is 11.8. The Bertz CT molecular complexity index is 929. The maximum atomic E-state index is 13.2. The second kappa shape index (κ2) is 10.4. The zero-order valence-electron chi connectivity index (χ0n) is 16.9. The lowest BCUT2D eigenvalue weighted by molar-refractivity contribution is -0.385. The molecule has 1 atom stereocenters. The van der Waals surface area contributed by atoms with Crippen molar-refractivity contribution in [3.63, 3.8) is 0 Å². The van der Waals surface area contributed by atoms with Crippen LogP contribution in [0, 0.1) is 10.1 Å². The zero-order chi connectivity index (χ0) is 22.4. The summed E-state index contributed by atoms with van der Waals surface area (Å²) in [6.07, 6.45) is -0.238. The van der Waals surface area contributed by atoms with E-state index >= 15 is 0 Å². The highest BCUT2D eigenvalue weighted by Gasteiger charge is 2.29. The van der Waals surface area contributed by atoms with Gasteiger partial charge >= 0.3 is 0 Å². The van der Waals surface area contributed by atoms with Crippen molar-refractivity contribution in [1.82, 2.24) is 10.2 Å². The molecule has 0 aliphatic carbocycles. The summed E-state index contributed by atoms with van der Waals surface area (Å²) in [4.78, 5) is 37.9. The first-order valence-corrected chi connectivity index (χ1v) is 10.1. The Morgan fingerprint density at radius 2 is 1.67 bits per heavy atom. The van der Waals surface area contributed by atoms with E-state index in [4.69, 9.17) is 23.2 Å². The fourth-order valence-corrected chi connectivity index (χ4v) is 3.46. The quantitative estimate of drug-likeness (QED) is 0.475. The number of benzene rings is 2. The van der Waals surface area contributed by atoms with E-state index in [1.807, 2.05) is 13.8 Å². The Kier molecular flexibility index (Phi) is 8.20. The molecule has 0 fully saturated rings. The summed E-state index contributed by atoms with van der Waals surface area (Å²) < 4.78 is 0. The fourth-order valence-electron chi connectivity index (χ4n) is 2.94. The van der Waals surface area contributed by atoms with Crippen molar-refractivity contribution in [2.45, 2.75) is 45.8 Å². The molecular weight excluding hydrogens is 429 g/mol. The van der Waals surface area contributed by atoms with E-state index in [1.165, 1.54) is 23.1 Å². The Morgan fingerprint density at radius 3 is 2.23 bits per heavy atom. The molecule has 0 heterocycles. The predicted molar refractivity (Wildman–Crippen MR) is 117 cm³/mol. The number of amides is 2. The van der Waals surface area contributed by atoms with Gasteiger partial charge in [0.1, 0.15) is 6.04 Å². The van der Waals surface area contributed by atoms with E-state index in [9.17, 15) is 19.7 Å². The van der Waals surface area contributed by atoms with E-state index in [1.54, 1.807) is 31.2 Å². The largest absolute Gasteiger partial charge is 0.352 e. The van der Waals surface area contributed by atoms with Crippen molar-refractivity contribution < 1.29 is 14.5 Å². The van der Waals surface area contributed by atoms with E-state index < -0.39 is 16.9 Å². The van der Waals surface area contributed by atoms with Crippen LogP contribution in [0.3, 0.4) is 0 Å². The molecule has 2 amide bonds. The standard InChI is InChI=1S/C21H23Cl2N3O4/c1-13(2)24-21(28)14(3)25(12-16-17(22)8-6-9-18(16)23)20(27)11-15-7-4-5-10-19(15)26(29)30/h4-10,13-14H,11-12H2,1-3H3,(H,24,28)/t14-/m0/s1. The number of para-hydroxylation sites is 1. The van der Waals surface area contributed by atoms with Crippen molar-refractivity contribution in [3.05, 3.63) is 73.8 Å². The van der Waals surface area contributed by atoms with Crippen molar-refractivity contribution in [2.24, 2.45) is 0 Å². The first-order chi connectivity index (χ1) is 14.1. The number of nitro benzene ring substituents is 1. The zero-order valence-corrected chi connectivity index (χ0v) is 18.4. The molecule has 0 radical (unpaired) electrons. The molecule has 7 nitrogen and oxygen atoms in total. The number of rotatable bonds is 8. The third-order valence-electron chi connectivity index (χ3n) is 4.52. The average molecular weight is 452 g/mol. The van der Waals surface area contributed by atoms with E-state index in [0.717, 1.165) is 0 Å². The van der Waals surface area contributed by atoms with Crippen molar-refractivity contribution in [2.75, 3.05) is 0 Å². The number of nitrogens with one attached hydrogen (secondary N) is 1. The average Bonchev–Trinajstić information content (AvgIpc) is 2.67. The fraction of sp³-hybridized carbons (Fsp3) is 0.333. The second-order valence-corrected chi connectivity index (χ2v) is 7.94. The summed E-state index contributed by atoms with van der Waals surface area (Å²) in [6.45, 7) is 5.22. The van der Waals surface area contributed by atoms with E-state index in [0.29, 0.717) is 15.6 Å². The number of nitro groups is 1. The molecule has 0 saturated carbocycles. The van der Waals surface area contributed by atoms with Gasteiger partial charge in [0.05, 0.1) is 11.3 Å². The maximum absolute atomic E-state index is 13.2. The van der Waals surface area contributed by atoms with Crippen LogP contribution in [0.4, 0.5) is 5.69 Å². The van der Waals surface area contributed by atoms with Crippen LogP contribution in [0.15, 0.2) is 42.5 Å². The van der Waals surface area contributed by atoms with Crippen LogP contribution in [-0.2, 0) is 22.6 Å². The molecule has 0 saturated heterocycles. The van der Waals surface area contributed by atoms with Gasteiger partial charge in [-0.05, 0) is 32.9 Å². The Morgan fingerprint density at radius 1 is 1.07 bits per heavy atom. The third kappa shape index (κ3) is 5.93. The molecule has 0 aromatic heterocycles. The summed E-state index contributed by atoms with van der Waals surface area (Å²) in [5, 5.41) is 14.8. The minimum absolute atomic E-state index is 0.00927. The first kappa shape index (κ1) is 23.6. The Hall–Kier alpha value is -2.64. The van der Waals surface area contributed by atoms with Crippen LogP contribution < -0.4 is 5.32 Å². The van der Waals surface area contributed by atoms with Gasteiger partial charge < -0.3 is 10.2 Å². The van der Waals surface area contributed by atoms with Crippen LogP contribution in [0.1, 0.15) is 31.9 Å². The predicted octanol–water partition coefficient (Wildman–Crippen LogP) is 4.39. The van der Waals surface area contributed by atoms with Gasteiger partial charge in [-0.25, -0.2) is 0 Å². The van der Waals surface area contributed by atoms with Gasteiger partial charge in [-0.1, -0.05) is 47.5 Å². The minimum atomic E-state index is -0.838. The Labute approximate surface area is 185 Å². The molecule has 2 rings (SSSR count). The Balaban J connectivity index is 2.38. The first-order valence-electron chi connectivity index (χ1n) is 9.36. The molecule has 2 aromatic carbocycles. The molecule has 160 valence electrons. The van der Waals surface area contributed by atoms with Crippen LogP contribution in [0.2, 0.25) is 10.0 Å². The van der Waals surface area contributed by atoms with Crippen LogP contribution in [0.25, 0.3) is 0 Å². The number of halogens is 2. The highest BCUT2D eigenvalue weighted by Crippen LogP contribution is 2.27. The van der Waals surface area contributed by atoms with E-state index in [-0.39, 0.29) is 36.2 Å². The molecule has 0 bridgehead atoms. The van der Waals surface area contributed by atoms with Gasteiger partial charge in [-0.15, -0.1) is 0 Å².